The van der Waals surface area contributed by atoms with Gasteiger partial charge in [-0.1, -0.05) is 13.3 Å². The van der Waals surface area contributed by atoms with Crippen molar-refractivity contribution >= 4 is 21.7 Å². The monoisotopic (exact) mass is 314 g/mol. The quantitative estimate of drug-likeness (QED) is 0.540. The van der Waals surface area contributed by atoms with Crippen LogP contribution < -0.4 is 4.74 Å². The second-order valence-electron chi connectivity index (χ2n) is 4.02. The van der Waals surface area contributed by atoms with Gasteiger partial charge < -0.3 is 9.47 Å². The third kappa shape index (κ3) is 5.19. The summed E-state index contributed by atoms with van der Waals surface area (Å²) in [4.78, 5) is 11.2. The number of halogens is 1. The van der Waals surface area contributed by atoms with Gasteiger partial charge in [0.2, 0.25) is 0 Å². The van der Waals surface area contributed by atoms with Gasteiger partial charge in [0.15, 0.2) is 5.78 Å². The Hall–Kier alpha value is -0.870. The number of benzene rings is 1. The van der Waals surface area contributed by atoms with Crippen molar-refractivity contribution in [3.05, 3.63) is 28.2 Å². The van der Waals surface area contributed by atoms with Crippen molar-refractivity contribution in [3.63, 3.8) is 0 Å². The van der Waals surface area contributed by atoms with Crippen molar-refractivity contribution in [2.24, 2.45) is 0 Å². The topological polar surface area (TPSA) is 35.5 Å². The van der Waals surface area contributed by atoms with Gasteiger partial charge in [0.1, 0.15) is 12.4 Å². The highest BCUT2D eigenvalue weighted by molar-refractivity contribution is 9.10. The van der Waals surface area contributed by atoms with E-state index in [1.54, 1.807) is 25.1 Å². The fourth-order valence-electron chi connectivity index (χ4n) is 1.40. The first kappa shape index (κ1) is 15.2. The molecule has 0 saturated heterocycles. The fourth-order valence-corrected chi connectivity index (χ4v) is 1.89. The van der Waals surface area contributed by atoms with Crippen LogP contribution in [0.15, 0.2) is 22.7 Å². The molecule has 0 N–H and O–H groups in total. The van der Waals surface area contributed by atoms with E-state index in [4.69, 9.17) is 9.47 Å². The van der Waals surface area contributed by atoms with Gasteiger partial charge >= 0.3 is 0 Å². The van der Waals surface area contributed by atoms with Crippen LogP contribution in [0.2, 0.25) is 0 Å². The summed E-state index contributed by atoms with van der Waals surface area (Å²) in [5.41, 5.74) is 0.674. The molecule has 1 rings (SSSR count). The molecule has 0 bridgehead atoms. The van der Waals surface area contributed by atoms with Crippen LogP contribution >= 0.6 is 15.9 Å². The van der Waals surface area contributed by atoms with Crippen molar-refractivity contribution in [3.8, 4) is 5.75 Å². The minimum atomic E-state index is 0.0464. The smallest absolute Gasteiger partial charge is 0.159 e. The van der Waals surface area contributed by atoms with Crippen LogP contribution in [0.4, 0.5) is 0 Å². The van der Waals surface area contributed by atoms with Crippen molar-refractivity contribution in [1.29, 1.82) is 0 Å². The maximum Gasteiger partial charge on any atom is 0.159 e. The molecule has 0 aliphatic heterocycles. The standard InChI is InChI=1S/C14H19BrO3/c1-3-4-7-17-8-9-18-14-6-5-12(11(2)16)10-13(14)15/h5-6,10H,3-4,7-9H2,1-2H3. The Balaban J connectivity index is 2.36. The Morgan fingerprint density at radius 3 is 2.67 bits per heavy atom. The van der Waals surface area contributed by atoms with E-state index in [0.29, 0.717) is 18.8 Å². The van der Waals surface area contributed by atoms with E-state index in [1.165, 1.54) is 0 Å². The molecule has 0 spiro atoms. The first-order valence-corrected chi connectivity index (χ1v) is 6.95. The van der Waals surface area contributed by atoms with Gasteiger partial charge in [-0.05, 0) is 47.5 Å². The number of carbonyl (C=O) groups is 1. The predicted octanol–water partition coefficient (Wildman–Crippen LogP) is 3.85. The van der Waals surface area contributed by atoms with Gasteiger partial charge in [-0.15, -0.1) is 0 Å². The number of hydrogen-bond donors (Lipinski definition) is 0. The summed E-state index contributed by atoms with van der Waals surface area (Å²) in [6.45, 7) is 5.56. The van der Waals surface area contributed by atoms with Crippen molar-refractivity contribution in [2.45, 2.75) is 26.7 Å². The van der Waals surface area contributed by atoms with Gasteiger partial charge in [-0.25, -0.2) is 0 Å². The van der Waals surface area contributed by atoms with Crippen LogP contribution in [0.25, 0.3) is 0 Å². The van der Waals surface area contributed by atoms with Crippen LogP contribution in [0.3, 0.4) is 0 Å². The molecule has 0 atom stereocenters. The lowest BCUT2D eigenvalue weighted by Crippen LogP contribution is -2.08. The highest BCUT2D eigenvalue weighted by Crippen LogP contribution is 2.26. The van der Waals surface area contributed by atoms with Crippen LogP contribution in [-0.2, 0) is 4.74 Å². The number of Topliss-reactive ketones (excluding diaryl/α,β-unsaturated/α-hetero) is 1. The van der Waals surface area contributed by atoms with E-state index < -0.39 is 0 Å². The van der Waals surface area contributed by atoms with Gasteiger partial charge in [0.25, 0.3) is 0 Å². The van der Waals surface area contributed by atoms with Gasteiger partial charge in [-0.3, -0.25) is 4.79 Å². The average Bonchev–Trinajstić information content (AvgIpc) is 2.35. The van der Waals surface area contributed by atoms with E-state index in [9.17, 15) is 4.79 Å². The number of ether oxygens (including phenoxy) is 2. The first-order valence-electron chi connectivity index (χ1n) is 6.16. The second kappa shape index (κ2) is 8.27. The lowest BCUT2D eigenvalue weighted by molar-refractivity contribution is 0.0976. The summed E-state index contributed by atoms with van der Waals surface area (Å²) in [5.74, 6) is 0.782. The van der Waals surface area contributed by atoms with Crippen molar-refractivity contribution in [1.82, 2.24) is 0 Å². The van der Waals surface area contributed by atoms with Crippen molar-refractivity contribution < 1.29 is 14.3 Å². The number of hydrogen-bond acceptors (Lipinski definition) is 3. The SMILES string of the molecule is CCCCOCCOc1ccc(C(C)=O)cc1Br. The lowest BCUT2D eigenvalue weighted by atomic mass is 10.1. The highest BCUT2D eigenvalue weighted by atomic mass is 79.9. The van der Waals surface area contributed by atoms with E-state index in [0.717, 1.165) is 29.7 Å². The lowest BCUT2D eigenvalue weighted by Gasteiger charge is -2.09. The molecular formula is C14H19BrO3. The zero-order valence-electron chi connectivity index (χ0n) is 10.9. The molecule has 0 aliphatic carbocycles. The summed E-state index contributed by atoms with van der Waals surface area (Å²) < 4.78 is 11.8. The minimum Gasteiger partial charge on any atom is -0.490 e. The summed E-state index contributed by atoms with van der Waals surface area (Å²) in [6.07, 6.45) is 2.22. The van der Waals surface area contributed by atoms with E-state index in [1.807, 2.05) is 0 Å². The average molecular weight is 315 g/mol. The number of ketones is 1. The minimum absolute atomic E-state index is 0.0464. The molecule has 0 aliphatic rings. The van der Waals surface area contributed by atoms with Gasteiger partial charge in [0, 0.05) is 12.2 Å². The third-order valence-corrected chi connectivity index (χ3v) is 3.09. The molecule has 0 amide bonds. The van der Waals surface area contributed by atoms with E-state index in [2.05, 4.69) is 22.9 Å². The Bertz CT molecular complexity index is 391. The van der Waals surface area contributed by atoms with Crippen LogP contribution in [-0.4, -0.2) is 25.6 Å². The molecule has 1 aromatic carbocycles. The molecule has 4 heteroatoms. The molecule has 0 unspecified atom stereocenters. The number of carbonyl (C=O) groups excluding carboxylic acids is 1. The number of rotatable bonds is 8. The van der Waals surface area contributed by atoms with E-state index >= 15 is 0 Å². The Kier molecular flexibility index (Phi) is 6.98. The Morgan fingerprint density at radius 2 is 2.06 bits per heavy atom. The molecule has 0 radical (unpaired) electrons. The summed E-state index contributed by atoms with van der Waals surface area (Å²) in [5, 5.41) is 0. The van der Waals surface area contributed by atoms with Gasteiger partial charge in [-0.2, -0.15) is 0 Å². The summed E-state index contributed by atoms with van der Waals surface area (Å²) in [7, 11) is 0. The van der Waals surface area contributed by atoms with Gasteiger partial charge in [0.05, 0.1) is 11.1 Å². The molecule has 0 fully saturated rings. The van der Waals surface area contributed by atoms with Crippen LogP contribution in [0.1, 0.15) is 37.0 Å². The Morgan fingerprint density at radius 1 is 1.28 bits per heavy atom. The first-order chi connectivity index (χ1) is 8.65. The highest BCUT2D eigenvalue weighted by Gasteiger charge is 2.05. The van der Waals surface area contributed by atoms with E-state index in [-0.39, 0.29) is 5.78 Å². The zero-order valence-corrected chi connectivity index (χ0v) is 12.5. The van der Waals surface area contributed by atoms with Crippen LogP contribution in [0.5, 0.6) is 5.75 Å². The maximum atomic E-state index is 11.2. The molecule has 0 heterocycles. The largest absolute Gasteiger partial charge is 0.490 e. The predicted molar refractivity (Wildman–Crippen MR) is 75.4 cm³/mol. The molecule has 18 heavy (non-hydrogen) atoms. The summed E-state index contributed by atoms with van der Waals surface area (Å²) >= 11 is 3.39. The molecule has 3 nitrogen and oxygen atoms in total. The zero-order chi connectivity index (χ0) is 13.4. The molecule has 0 aromatic heterocycles. The fraction of sp³-hybridized carbons (Fsp3) is 0.500. The molecule has 1 aromatic rings. The number of unbranched alkanes of at least 4 members (excludes halogenated alkanes) is 1. The second-order valence-corrected chi connectivity index (χ2v) is 4.87. The normalized spacial score (nSPS) is 10.4. The molecular weight excluding hydrogens is 296 g/mol. The molecule has 100 valence electrons. The maximum absolute atomic E-state index is 11.2. The van der Waals surface area contributed by atoms with Crippen molar-refractivity contribution in [2.75, 3.05) is 19.8 Å². The molecule has 0 saturated carbocycles. The van der Waals surface area contributed by atoms with Crippen LogP contribution in [0, 0.1) is 0 Å². The summed E-state index contributed by atoms with van der Waals surface area (Å²) in [6, 6.07) is 5.34. The third-order valence-electron chi connectivity index (χ3n) is 2.47. The Labute approximate surface area is 117 Å².